The molecule has 0 amide bonds. The number of hydrogen-bond donors (Lipinski definition) is 2. The van der Waals surface area contributed by atoms with Gasteiger partial charge in [-0.2, -0.15) is 0 Å². The molecule has 1 rings (SSSR count). The van der Waals surface area contributed by atoms with Crippen molar-refractivity contribution in [1.82, 2.24) is 10.0 Å². The molecule has 0 radical (unpaired) electrons. The molecule has 0 aromatic heterocycles. The molecule has 1 aromatic rings. The van der Waals surface area contributed by atoms with E-state index in [9.17, 15) is 17.6 Å². The zero-order valence-corrected chi connectivity index (χ0v) is 14.4. The van der Waals surface area contributed by atoms with Crippen molar-refractivity contribution in [2.24, 2.45) is 0 Å². The molecule has 0 saturated carbocycles. The maximum atomic E-state index is 13.7. The van der Waals surface area contributed by atoms with Crippen LogP contribution < -0.4 is 10.0 Å². The molecule has 23 heavy (non-hydrogen) atoms. The Morgan fingerprint density at radius 1 is 1.22 bits per heavy atom. The molecule has 0 saturated heterocycles. The van der Waals surface area contributed by atoms with Gasteiger partial charge in [-0.3, -0.25) is 0 Å². The van der Waals surface area contributed by atoms with E-state index < -0.39 is 32.3 Å². The van der Waals surface area contributed by atoms with Crippen molar-refractivity contribution in [2.45, 2.75) is 4.90 Å². The Morgan fingerprint density at radius 3 is 2.52 bits per heavy atom. The monoisotopic (exact) mass is 370 g/mol. The molecule has 0 spiro atoms. The van der Waals surface area contributed by atoms with Crippen LogP contribution in [0, 0.1) is 5.82 Å². The molecule has 0 aliphatic carbocycles. The topological polar surface area (TPSA) is 93.7 Å². The van der Waals surface area contributed by atoms with Crippen LogP contribution in [-0.4, -0.2) is 54.8 Å². The third-order valence-corrected chi connectivity index (χ3v) is 4.23. The molecule has 0 unspecified atom stereocenters. The molecule has 0 aliphatic rings. The molecule has 0 fully saturated rings. The van der Waals surface area contributed by atoms with Gasteiger partial charge >= 0.3 is 5.97 Å². The van der Waals surface area contributed by atoms with Gasteiger partial charge in [0, 0.05) is 26.7 Å². The van der Waals surface area contributed by atoms with Gasteiger partial charge in [-0.05, 0) is 12.1 Å². The van der Waals surface area contributed by atoms with E-state index in [0.29, 0.717) is 19.7 Å². The van der Waals surface area contributed by atoms with Crippen molar-refractivity contribution in [3.05, 3.63) is 29.6 Å². The standard InChI is InChI=1S/C13H19FN2O5S.ClH/c1-20-9-8-15-6-7-16-22(18,19)11-5-3-4-10(14)12(11)13(17)21-2;/h3-5,15-16H,6-9H2,1-2H3;1H. The first-order valence-electron chi connectivity index (χ1n) is 6.50. The Morgan fingerprint density at radius 2 is 1.91 bits per heavy atom. The van der Waals surface area contributed by atoms with Crippen LogP contribution in [0.3, 0.4) is 0 Å². The van der Waals surface area contributed by atoms with Crippen LogP contribution in [0.2, 0.25) is 0 Å². The Labute approximate surface area is 141 Å². The quantitative estimate of drug-likeness (QED) is 0.487. The number of rotatable bonds is 9. The highest BCUT2D eigenvalue weighted by molar-refractivity contribution is 7.89. The molecule has 2 N–H and O–H groups in total. The van der Waals surface area contributed by atoms with E-state index in [-0.39, 0.29) is 19.0 Å². The average molecular weight is 371 g/mol. The lowest BCUT2D eigenvalue weighted by atomic mass is 10.2. The van der Waals surface area contributed by atoms with Crippen molar-refractivity contribution >= 4 is 28.4 Å². The SMILES string of the molecule is COCCNCCNS(=O)(=O)c1cccc(F)c1C(=O)OC.Cl. The second-order valence-corrected chi connectivity index (χ2v) is 5.98. The molecule has 132 valence electrons. The van der Waals surface area contributed by atoms with Gasteiger partial charge in [-0.15, -0.1) is 12.4 Å². The van der Waals surface area contributed by atoms with Gasteiger partial charge in [-0.25, -0.2) is 22.3 Å². The second kappa shape index (κ2) is 10.5. The van der Waals surface area contributed by atoms with Crippen LogP contribution in [0.1, 0.15) is 10.4 Å². The van der Waals surface area contributed by atoms with Gasteiger partial charge in [0.25, 0.3) is 0 Å². The summed E-state index contributed by atoms with van der Waals surface area (Å²) < 4.78 is 49.6. The van der Waals surface area contributed by atoms with Crippen LogP contribution in [0.4, 0.5) is 4.39 Å². The number of methoxy groups -OCH3 is 2. The van der Waals surface area contributed by atoms with Crippen molar-refractivity contribution in [2.75, 3.05) is 40.5 Å². The lowest BCUT2D eigenvalue weighted by molar-refractivity contribution is 0.0590. The molecule has 0 aliphatic heterocycles. The van der Waals surface area contributed by atoms with E-state index in [0.717, 1.165) is 19.2 Å². The smallest absolute Gasteiger partial charge is 0.342 e. The summed E-state index contributed by atoms with van der Waals surface area (Å²) in [4.78, 5) is 11.1. The van der Waals surface area contributed by atoms with E-state index >= 15 is 0 Å². The number of carbonyl (C=O) groups is 1. The maximum Gasteiger partial charge on any atom is 0.342 e. The van der Waals surface area contributed by atoms with Crippen molar-refractivity contribution < 1.29 is 27.1 Å². The van der Waals surface area contributed by atoms with E-state index in [1.165, 1.54) is 6.07 Å². The Balaban J connectivity index is 0.00000484. The number of carbonyl (C=O) groups excluding carboxylic acids is 1. The number of sulfonamides is 1. The zero-order valence-electron chi connectivity index (χ0n) is 12.8. The van der Waals surface area contributed by atoms with Crippen LogP contribution in [0.5, 0.6) is 0 Å². The van der Waals surface area contributed by atoms with Crippen molar-refractivity contribution in [3.63, 3.8) is 0 Å². The van der Waals surface area contributed by atoms with E-state index in [1.807, 2.05) is 0 Å². The first-order valence-corrected chi connectivity index (χ1v) is 7.98. The van der Waals surface area contributed by atoms with Crippen LogP contribution in [0.15, 0.2) is 23.1 Å². The highest BCUT2D eigenvalue weighted by Gasteiger charge is 2.25. The third kappa shape index (κ3) is 6.40. The summed E-state index contributed by atoms with van der Waals surface area (Å²) in [5.41, 5.74) is -0.607. The molecule has 10 heteroatoms. The molecule has 0 atom stereocenters. The van der Waals surface area contributed by atoms with Crippen molar-refractivity contribution in [3.8, 4) is 0 Å². The fraction of sp³-hybridized carbons (Fsp3) is 0.462. The number of esters is 1. The molecule has 1 aromatic carbocycles. The number of ether oxygens (including phenoxy) is 2. The highest BCUT2D eigenvalue weighted by atomic mass is 35.5. The predicted octanol–water partition coefficient (Wildman–Crippen LogP) is 0.548. The lowest BCUT2D eigenvalue weighted by Crippen LogP contribution is -2.34. The molecule has 0 bridgehead atoms. The minimum absolute atomic E-state index is 0. The number of benzene rings is 1. The summed E-state index contributed by atoms with van der Waals surface area (Å²) in [7, 11) is -1.41. The summed E-state index contributed by atoms with van der Waals surface area (Å²) in [5, 5.41) is 2.95. The van der Waals surface area contributed by atoms with Crippen LogP contribution in [-0.2, 0) is 19.5 Å². The summed E-state index contributed by atoms with van der Waals surface area (Å²) >= 11 is 0. The lowest BCUT2D eigenvalue weighted by Gasteiger charge is -2.11. The molecule has 0 heterocycles. The van der Waals surface area contributed by atoms with Crippen molar-refractivity contribution in [1.29, 1.82) is 0 Å². The van der Waals surface area contributed by atoms with Crippen LogP contribution in [0.25, 0.3) is 0 Å². The fourth-order valence-corrected chi connectivity index (χ4v) is 2.91. The Hall–Kier alpha value is -1.26. The highest BCUT2D eigenvalue weighted by Crippen LogP contribution is 2.19. The van der Waals surface area contributed by atoms with Gasteiger partial charge < -0.3 is 14.8 Å². The number of nitrogens with one attached hydrogen (secondary N) is 2. The van der Waals surface area contributed by atoms with E-state index in [4.69, 9.17) is 4.74 Å². The molecular formula is C13H20ClFN2O5S. The van der Waals surface area contributed by atoms with Gasteiger partial charge in [0.15, 0.2) is 0 Å². The van der Waals surface area contributed by atoms with Crippen LogP contribution >= 0.6 is 12.4 Å². The van der Waals surface area contributed by atoms with E-state index in [2.05, 4.69) is 14.8 Å². The normalized spacial score (nSPS) is 10.9. The summed E-state index contributed by atoms with van der Waals surface area (Å²) in [6, 6.07) is 3.36. The van der Waals surface area contributed by atoms with Gasteiger partial charge in [0.05, 0.1) is 18.6 Å². The molecular weight excluding hydrogens is 351 g/mol. The maximum absolute atomic E-state index is 13.7. The molecule has 7 nitrogen and oxygen atoms in total. The average Bonchev–Trinajstić information content (AvgIpc) is 2.49. The predicted molar refractivity (Wildman–Crippen MR) is 84.9 cm³/mol. The van der Waals surface area contributed by atoms with Gasteiger partial charge in [-0.1, -0.05) is 6.07 Å². The first-order chi connectivity index (χ1) is 10.4. The minimum atomic E-state index is -4.02. The Bertz CT molecular complexity index is 612. The number of hydrogen-bond acceptors (Lipinski definition) is 6. The largest absolute Gasteiger partial charge is 0.465 e. The summed E-state index contributed by atoms with van der Waals surface area (Å²) in [5.74, 6) is -2.00. The second-order valence-electron chi connectivity index (χ2n) is 4.25. The summed E-state index contributed by atoms with van der Waals surface area (Å²) in [6.07, 6.45) is 0. The first kappa shape index (κ1) is 21.7. The fourth-order valence-electron chi connectivity index (χ4n) is 1.68. The Kier molecular flexibility index (Phi) is 9.93. The van der Waals surface area contributed by atoms with Gasteiger partial charge in [0.2, 0.25) is 10.0 Å². The van der Waals surface area contributed by atoms with Gasteiger partial charge in [0.1, 0.15) is 11.4 Å². The zero-order chi connectivity index (χ0) is 16.6. The minimum Gasteiger partial charge on any atom is -0.465 e. The van der Waals surface area contributed by atoms with E-state index in [1.54, 1.807) is 7.11 Å². The number of halogens is 2. The third-order valence-electron chi connectivity index (χ3n) is 2.73. The summed E-state index contributed by atoms with van der Waals surface area (Å²) in [6.45, 7) is 1.53.